The van der Waals surface area contributed by atoms with Crippen molar-refractivity contribution in [2.45, 2.75) is 69.6 Å². The minimum Gasteiger partial charge on any atom is -0.480 e. The Morgan fingerprint density at radius 2 is 1.86 bits per heavy atom. The summed E-state index contributed by atoms with van der Waals surface area (Å²) in [4.78, 5) is 50.8. The molecule has 1 aliphatic heterocycles. The topological polar surface area (TPSA) is 139 Å². The molecule has 1 saturated heterocycles. The number of carbonyl (C=O) groups is 4. The van der Waals surface area contributed by atoms with Gasteiger partial charge in [0, 0.05) is 13.1 Å². The fourth-order valence-electron chi connectivity index (χ4n) is 4.59. The Labute approximate surface area is 213 Å². The van der Waals surface area contributed by atoms with Crippen LogP contribution < -0.4 is 11.1 Å². The van der Waals surface area contributed by atoms with Gasteiger partial charge < -0.3 is 25.8 Å². The van der Waals surface area contributed by atoms with Gasteiger partial charge in [0.1, 0.15) is 11.6 Å². The molecule has 0 radical (unpaired) electrons. The van der Waals surface area contributed by atoms with Crippen LogP contribution in [0.3, 0.4) is 0 Å². The van der Waals surface area contributed by atoms with Gasteiger partial charge in [-0.15, -0.1) is 0 Å². The quantitative estimate of drug-likeness (QED) is 0.263. The number of ether oxygens (including phenoxy) is 1. The maximum absolute atomic E-state index is 13.8. The molecule has 2 rings (SSSR count). The Kier molecular flexibility index (Phi) is 10.9. The third-order valence-corrected chi connectivity index (χ3v) is 6.51. The van der Waals surface area contributed by atoms with Crippen LogP contribution >= 0.6 is 0 Å². The molecule has 0 bridgehead atoms. The average Bonchev–Trinajstić information content (AvgIpc) is 3.34. The molecule has 2 amide bonds. The second-order valence-corrected chi connectivity index (χ2v) is 9.07. The maximum atomic E-state index is 13.8. The molecule has 0 unspecified atom stereocenters. The third kappa shape index (κ3) is 8.17. The van der Waals surface area contributed by atoms with E-state index in [0.29, 0.717) is 12.8 Å². The van der Waals surface area contributed by atoms with E-state index in [1.54, 1.807) is 12.2 Å². The molecule has 0 saturated carbocycles. The van der Waals surface area contributed by atoms with Crippen LogP contribution in [0.25, 0.3) is 0 Å². The number of aliphatic carboxylic acids is 1. The average molecular weight is 530 g/mol. The molecular formula is C25H34F3N3O6. The van der Waals surface area contributed by atoms with E-state index in [-0.39, 0.29) is 51.8 Å². The number of unbranched alkanes of at least 4 members (excludes halogenated alkanes) is 1. The summed E-state index contributed by atoms with van der Waals surface area (Å²) in [6.07, 6.45) is -3.73. The number of amides is 2. The van der Waals surface area contributed by atoms with Crippen molar-refractivity contribution in [1.29, 1.82) is 0 Å². The van der Waals surface area contributed by atoms with E-state index in [9.17, 15) is 37.5 Å². The van der Waals surface area contributed by atoms with Gasteiger partial charge in [0.15, 0.2) is 0 Å². The summed E-state index contributed by atoms with van der Waals surface area (Å²) < 4.78 is 42.5. The van der Waals surface area contributed by atoms with Gasteiger partial charge in [-0.1, -0.05) is 30.3 Å². The van der Waals surface area contributed by atoms with Gasteiger partial charge in [0.2, 0.25) is 5.91 Å². The van der Waals surface area contributed by atoms with Crippen LogP contribution in [0.15, 0.2) is 30.3 Å². The van der Waals surface area contributed by atoms with Crippen LogP contribution in [-0.2, 0) is 30.3 Å². The number of halogens is 3. The summed E-state index contributed by atoms with van der Waals surface area (Å²) in [5.74, 6) is -5.79. The standard InChI is InChI=1S/C25H34F3N3O6/c1-2-37-21(34)18(13-12-17-9-4-3-5-10-17)24(29,14-6-7-15-30-22(35)25(26,27)28)23(36)31-16-8-11-19(31)20(32)33/h3-5,9-10,18-19H,2,6-8,11-16,29H2,1H3,(H,30,35)(H,32,33)/t18-,19+,24-/m1/s1. The zero-order chi connectivity index (χ0) is 27.6. The monoisotopic (exact) mass is 529 g/mol. The van der Waals surface area contributed by atoms with Crippen LogP contribution in [0.2, 0.25) is 0 Å². The number of nitrogens with zero attached hydrogens (tertiary/aromatic N) is 1. The number of carboxylic acid groups (broad SMARTS) is 1. The van der Waals surface area contributed by atoms with Gasteiger partial charge in [0.25, 0.3) is 0 Å². The maximum Gasteiger partial charge on any atom is 0.471 e. The molecule has 1 aromatic rings. The highest BCUT2D eigenvalue weighted by atomic mass is 19.4. The smallest absolute Gasteiger partial charge is 0.471 e. The van der Waals surface area contributed by atoms with Crippen molar-refractivity contribution >= 4 is 23.8 Å². The molecule has 4 N–H and O–H groups in total. The number of carboxylic acids is 1. The minimum absolute atomic E-state index is 0.0376. The Morgan fingerprint density at radius 3 is 2.46 bits per heavy atom. The Bertz CT molecular complexity index is 943. The summed E-state index contributed by atoms with van der Waals surface area (Å²) >= 11 is 0. The number of carbonyl (C=O) groups excluding carboxylic acids is 3. The zero-order valence-electron chi connectivity index (χ0n) is 20.8. The lowest BCUT2D eigenvalue weighted by Crippen LogP contribution is -2.63. The Morgan fingerprint density at radius 1 is 1.19 bits per heavy atom. The van der Waals surface area contributed by atoms with Gasteiger partial charge in [-0.2, -0.15) is 13.2 Å². The van der Waals surface area contributed by atoms with Crippen molar-refractivity contribution in [3.05, 3.63) is 35.9 Å². The van der Waals surface area contributed by atoms with Crippen LogP contribution in [0.5, 0.6) is 0 Å². The van der Waals surface area contributed by atoms with Gasteiger partial charge in [-0.3, -0.25) is 14.4 Å². The van der Waals surface area contributed by atoms with Gasteiger partial charge >= 0.3 is 24.0 Å². The molecule has 3 atom stereocenters. The summed E-state index contributed by atoms with van der Waals surface area (Å²) in [5, 5.41) is 11.4. The normalized spacial score (nSPS) is 18.1. The van der Waals surface area contributed by atoms with E-state index >= 15 is 0 Å². The molecule has 0 spiro atoms. The number of rotatable bonds is 13. The predicted molar refractivity (Wildman–Crippen MR) is 127 cm³/mol. The lowest BCUT2D eigenvalue weighted by molar-refractivity contribution is -0.173. The van der Waals surface area contributed by atoms with Gasteiger partial charge in [0.05, 0.1) is 12.5 Å². The highest BCUT2D eigenvalue weighted by Crippen LogP contribution is 2.32. The summed E-state index contributed by atoms with van der Waals surface area (Å²) in [7, 11) is 0. The van der Waals surface area contributed by atoms with Crippen LogP contribution in [-0.4, -0.2) is 71.2 Å². The molecule has 206 valence electrons. The summed E-state index contributed by atoms with van der Waals surface area (Å²) in [6.45, 7) is 1.50. The van der Waals surface area contributed by atoms with Crippen LogP contribution in [0, 0.1) is 5.92 Å². The molecule has 12 heteroatoms. The summed E-state index contributed by atoms with van der Waals surface area (Å²) in [5.41, 5.74) is 5.72. The number of hydrogen-bond acceptors (Lipinski definition) is 6. The molecule has 1 heterocycles. The SMILES string of the molecule is CCOC(=O)[C@@H](CCc1ccccc1)[C@](N)(CCCCNC(=O)C(F)(F)F)C(=O)N1CCC[C@H]1C(=O)O. The van der Waals surface area contributed by atoms with Crippen molar-refractivity contribution < 1.29 is 42.2 Å². The third-order valence-electron chi connectivity index (χ3n) is 6.51. The van der Waals surface area contributed by atoms with Crippen molar-refractivity contribution in [1.82, 2.24) is 10.2 Å². The Balaban J connectivity index is 2.28. The lowest BCUT2D eigenvalue weighted by Gasteiger charge is -2.39. The first kappa shape index (κ1) is 30.1. The van der Waals surface area contributed by atoms with Crippen LogP contribution in [0.1, 0.15) is 51.0 Å². The minimum atomic E-state index is -5.01. The highest BCUT2D eigenvalue weighted by molar-refractivity contribution is 5.94. The molecule has 1 fully saturated rings. The first-order valence-corrected chi connectivity index (χ1v) is 12.3. The number of likely N-dealkylation sites (tertiary alicyclic amines) is 1. The van der Waals surface area contributed by atoms with Crippen molar-refractivity contribution in [2.75, 3.05) is 19.7 Å². The van der Waals surface area contributed by atoms with Crippen molar-refractivity contribution in [3.8, 4) is 0 Å². The summed E-state index contributed by atoms with van der Waals surface area (Å²) in [6, 6.07) is 8.11. The number of esters is 1. The number of aryl methyl sites for hydroxylation is 1. The molecule has 9 nitrogen and oxygen atoms in total. The van der Waals surface area contributed by atoms with Gasteiger partial charge in [-0.25, -0.2) is 4.79 Å². The molecule has 1 aromatic carbocycles. The zero-order valence-corrected chi connectivity index (χ0v) is 20.8. The highest BCUT2D eigenvalue weighted by Gasteiger charge is 2.50. The molecule has 0 aromatic heterocycles. The molecule has 1 aliphatic rings. The number of hydrogen-bond donors (Lipinski definition) is 3. The molecular weight excluding hydrogens is 495 g/mol. The molecule has 37 heavy (non-hydrogen) atoms. The lowest BCUT2D eigenvalue weighted by atomic mass is 9.76. The van der Waals surface area contributed by atoms with E-state index in [1.807, 2.05) is 30.3 Å². The van der Waals surface area contributed by atoms with E-state index in [1.165, 1.54) is 4.90 Å². The van der Waals surface area contributed by atoms with E-state index in [4.69, 9.17) is 10.5 Å². The van der Waals surface area contributed by atoms with Gasteiger partial charge in [-0.05, 0) is 57.4 Å². The Hall–Kier alpha value is -3.15. The second kappa shape index (κ2) is 13.4. The van der Waals surface area contributed by atoms with E-state index in [0.717, 1.165) is 5.56 Å². The van der Waals surface area contributed by atoms with Crippen molar-refractivity contribution in [2.24, 2.45) is 11.7 Å². The van der Waals surface area contributed by atoms with E-state index in [2.05, 4.69) is 0 Å². The largest absolute Gasteiger partial charge is 0.480 e. The van der Waals surface area contributed by atoms with Crippen LogP contribution in [0.4, 0.5) is 13.2 Å². The van der Waals surface area contributed by atoms with Crippen molar-refractivity contribution in [3.63, 3.8) is 0 Å². The number of benzene rings is 1. The second-order valence-electron chi connectivity index (χ2n) is 9.07. The number of nitrogens with one attached hydrogen (secondary N) is 1. The first-order valence-electron chi connectivity index (χ1n) is 12.3. The fraction of sp³-hybridized carbons (Fsp3) is 0.600. The first-order chi connectivity index (χ1) is 17.4. The number of alkyl halides is 3. The molecule has 0 aliphatic carbocycles. The fourth-order valence-corrected chi connectivity index (χ4v) is 4.59. The number of nitrogens with two attached hydrogens (primary N) is 1. The van der Waals surface area contributed by atoms with E-state index < -0.39 is 47.4 Å². The predicted octanol–water partition coefficient (Wildman–Crippen LogP) is 2.42.